The summed E-state index contributed by atoms with van der Waals surface area (Å²) in [5.74, 6) is 1.43. The van der Waals surface area contributed by atoms with Crippen molar-refractivity contribution in [3.8, 4) is 6.19 Å². The van der Waals surface area contributed by atoms with E-state index in [1.54, 1.807) is 0 Å². The molecule has 2 heteroatoms. The first-order valence-electron chi connectivity index (χ1n) is 5.42. The molecule has 0 saturated carbocycles. The molecule has 2 heterocycles. The minimum absolute atomic E-state index is 0.556. The maximum absolute atomic E-state index is 9.11. The van der Waals surface area contributed by atoms with Gasteiger partial charge in [0, 0.05) is 12.1 Å². The van der Waals surface area contributed by atoms with Crippen molar-refractivity contribution in [2.24, 2.45) is 11.8 Å². The monoisotopic (exact) mass is 178 g/mol. The van der Waals surface area contributed by atoms with E-state index in [0.717, 1.165) is 11.8 Å². The quantitative estimate of drug-likeness (QED) is 0.532. The fraction of sp³-hybridized carbons (Fsp3) is 0.909. The van der Waals surface area contributed by atoms with Gasteiger partial charge in [-0.05, 0) is 37.5 Å². The Bertz CT molecular complexity index is 213. The third-order valence-corrected chi connectivity index (χ3v) is 3.98. The highest BCUT2D eigenvalue weighted by atomic mass is 15.2. The summed E-state index contributed by atoms with van der Waals surface area (Å²) in [5, 5.41) is 9.11. The number of hydrogen-bond acceptors (Lipinski definition) is 2. The van der Waals surface area contributed by atoms with Crippen molar-refractivity contribution in [1.82, 2.24) is 4.90 Å². The van der Waals surface area contributed by atoms with Crippen LogP contribution in [0.4, 0.5) is 0 Å². The van der Waals surface area contributed by atoms with E-state index in [9.17, 15) is 0 Å². The van der Waals surface area contributed by atoms with Crippen molar-refractivity contribution in [2.45, 2.75) is 51.6 Å². The average Bonchev–Trinajstić information content (AvgIpc) is 2.51. The minimum atomic E-state index is 0.556. The van der Waals surface area contributed by atoms with Crippen LogP contribution in [0.15, 0.2) is 0 Å². The number of nitrogens with zero attached hydrogens (tertiary/aromatic N) is 2. The van der Waals surface area contributed by atoms with E-state index in [1.165, 1.54) is 25.7 Å². The highest BCUT2D eigenvalue weighted by Gasteiger charge is 2.41. The predicted octanol–water partition coefficient (Wildman–Crippen LogP) is 2.37. The van der Waals surface area contributed by atoms with E-state index < -0.39 is 0 Å². The van der Waals surface area contributed by atoms with Crippen LogP contribution >= 0.6 is 0 Å². The van der Waals surface area contributed by atoms with E-state index in [2.05, 4.69) is 24.9 Å². The Labute approximate surface area is 80.5 Å². The van der Waals surface area contributed by atoms with Gasteiger partial charge in [-0.25, -0.2) is 0 Å². The molecule has 0 aromatic rings. The van der Waals surface area contributed by atoms with Gasteiger partial charge in [-0.2, -0.15) is 5.26 Å². The smallest absolute Gasteiger partial charge is 0.179 e. The number of rotatable bonds is 0. The Morgan fingerprint density at radius 3 is 1.85 bits per heavy atom. The Balaban J connectivity index is 2.23. The molecule has 2 saturated heterocycles. The highest BCUT2D eigenvalue weighted by molar-refractivity contribution is 5.00. The molecule has 0 amide bonds. The first-order valence-corrected chi connectivity index (χ1v) is 5.42. The molecule has 2 nitrogen and oxygen atoms in total. The lowest BCUT2D eigenvalue weighted by molar-refractivity contribution is 0.228. The van der Waals surface area contributed by atoms with Gasteiger partial charge >= 0.3 is 0 Å². The first kappa shape index (κ1) is 8.87. The molecular weight excluding hydrogens is 160 g/mol. The third kappa shape index (κ3) is 1.31. The maximum Gasteiger partial charge on any atom is 0.179 e. The van der Waals surface area contributed by atoms with Crippen molar-refractivity contribution < 1.29 is 0 Å². The lowest BCUT2D eigenvalue weighted by Gasteiger charge is -2.26. The van der Waals surface area contributed by atoms with Gasteiger partial charge in [0.2, 0.25) is 0 Å². The molecule has 0 N–H and O–H groups in total. The van der Waals surface area contributed by atoms with E-state index in [4.69, 9.17) is 5.26 Å². The predicted molar refractivity (Wildman–Crippen MR) is 51.8 cm³/mol. The van der Waals surface area contributed by atoms with Crippen LogP contribution in [0.2, 0.25) is 0 Å². The van der Waals surface area contributed by atoms with Gasteiger partial charge in [-0.1, -0.05) is 13.8 Å². The van der Waals surface area contributed by atoms with Gasteiger partial charge in [-0.15, -0.1) is 0 Å². The molecule has 0 spiro atoms. The van der Waals surface area contributed by atoms with Crippen molar-refractivity contribution >= 4 is 0 Å². The van der Waals surface area contributed by atoms with Gasteiger partial charge in [0.1, 0.15) is 0 Å². The summed E-state index contributed by atoms with van der Waals surface area (Å²) in [7, 11) is 0. The van der Waals surface area contributed by atoms with Crippen LogP contribution in [-0.2, 0) is 0 Å². The second-order valence-electron chi connectivity index (χ2n) is 4.75. The van der Waals surface area contributed by atoms with Crippen molar-refractivity contribution in [1.29, 1.82) is 5.26 Å². The van der Waals surface area contributed by atoms with Crippen molar-refractivity contribution in [2.75, 3.05) is 0 Å². The zero-order valence-electron chi connectivity index (χ0n) is 8.53. The SMILES string of the molecule is CC1CCC(C)C2CCC1N2C#N. The molecule has 0 radical (unpaired) electrons. The summed E-state index contributed by atoms with van der Waals surface area (Å²) < 4.78 is 0. The summed E-state index contributed by atoms with van der Waals surface area (Å²) in [6.45, 7) is 4.60. The largest absolute Gasteiger partial charge is 0.304 e. The molecule has 2 aliphatic rings. The zero-order chi connectivity index (χ0) is 9.42. The van der Waals surface area contributed by atoms with Crippen LogP contribution in [-0.4, -0.2) is 17.0 Å². The van der Waals surface area contributed by atoms with E-state index in [0.29, 0.717) is 12.1 Å². The zero-order valence-corrected chi connectivity index (χ0v) is 8.53. The van der Waals surface area contributed by atoms with Crippen molar-refractivity contribution in [3.63, 3.8) is 0 Å². The highest BCUT2D eigenvalue weighted by Crippen LogP contribution is 2.39. The molecule has 2 fully saturated rings. The van der Waals surface area contributed by atoms with Gasteiger partial charge in [-0.3, -0.25) is 0 Å². The lowest BCUT2D eigenvalue weighted by Crippen LogP contribution is -2.35. The molecular formula is C11H18N2. The summed E-state index contributed by atoms with van der Waals surface area (Å²) in [5.41, 5.74) is 0. The summed E-state index contributed by atoms with van der Waals surface area (Å²) in [6, 6.07) is 1.11. The summed E-state index contributed by atoms with van der Waals surface area (Å²) in [4.78, 5) is 2.09. The fourth-order valence-electron chi connectivity index (χ4n) is 3.04. The summed E-state index contributed by atoms with van der Waals surface area (Å²) >= 11 is 0. The average molecular weight is 178 g/mol. The normalized spacial score (nSPS) is 44.2. The molecule has 0 aromatic heterocycles. The van der Waals surface area contributed by atoms with Crippen LogP contribution in [0.5, 0.6) is 0 Å². The maximum atomic E-state index is 9.11. The Morgan fingerprint density at radius 2 is 1.46 bits per heavy atom. The molecule has 72 valence electrons. The van der Waals surface area contributed by atoms with Crippen LogP contribution in [0, 0.1) is 23.3 Å². The van der Waals surface area contributed by atoms with Gasteiger partial charge in [0.05, 0.1) is 0 Å². The standard InChI is InChI=1S/C11H18N2/c1-8-3-4-9(2)11-6-5-10(8)13(11)7-12/h8-11H,3-6H2,1-2H3. The van der Waals surface area contributed by atoms with E-state index in [-0.39, 0.29) is 0 Å². The Morgan fingerprint density at radius 1 is 1.00 bits per heavy atom. The Hall–Kier alpha value is -0.710. The number of nitriles is 1. The second-order valence-corrected chi connectivity index (χ2v) is 4.75. The van der Waals surface area contributed by atoms with Gasteiger partial charge < -0.3 is 4.90 Å². The molecule has 2 aliphatic heterocycles. The van der Waals surface area contributed by atoms with Gasteiger partial charge in [0.25, 0.3) is 0 Å². The minimum Gasteiger partial charge on any atom is -0.304 e. The summed E-state index contributed by atoms with van der Waals surface area (Å²) in [6.07, 6.45) is 7.49. The molecule has 4 unspecified atom stereocenters. The van der Waals surface area contributed by atoms with Crippen LogP contribution < -0.4 is 0 Å². The second kappa shape index (κ2) is 3.21. The topological polar surface area (TPSA) is 27.0 Å². The van der Waals surface area contributed by atoms with Crippen molar-refractivity contribution in [3.05, 3.63) is 0 Å². The lowest BCUT2D eigenvalue weighted by atomic mass is 9.87. The van der Waals surface area contributed by atoms with Crippen LogP contribution in [0.1, 0.15) is 39.5 Å². The third-order valence-electron chi connectivity index (χ3n) is 3.98. The van der Waals surface area contributed by atoms with E-state index in [1.807, 2.05) is 0 Å². The molecule has 4 atom stereocenters. The molecule has 13 heavy (non-hydrogen) atoms. The fourth-order valence-corrected chi connectivity index (χ4v) is 3.04. The first-order chi connectivity index (χ1) is 6.24. The Kier molecular flexibility index (Phi) is 2.19. The molecule has 2 rings (SSSR count). The number of hydrogen-bond donors (Lipinski definition) is 0. The molecule has 2 bridgehead atoms. The van der Waals surface area contributed by atoms with E-state index >= 15 is 0 Å². The molecule has 0 aromatic carbocycles. The van der Waals surface area contributed by atoms with Gasteiger partial charge in [0.15, 0.2) is 6.19 Å². The number of fused-ring (bicyclic) bond motifs is 2. The molecule has 0 aliphatic carbocycles. The van der Waals surface area contributed by atoms with Crippen LogP contribution in [0.25, 0.3) is 0 Å². The van der Waals surface area contributed by atoms with Crippen LogP contribution in [0.3, 0.4) is 0 Å².